The van der Waals surface area contributed by atoms with Gasteiger partial charge in [-0.2, -0.15) is 11.8 Å². The number of nitrogens with one attached hydrogen (secondary N) is 1. The van der Waals surface area contributed by atoms with Gasteiger partial charge in [-0.05, 0) is 23.1 Å². The van der Waals surface area contributed by atoms with Crippen molar-refractivity contribution in [3.8, 4) is 0 Å². The molecular weight excluding hydrogens is 331 g/mol. The molecule has 124 valence electrons. The Labute approximate surface area is 144 Å². The van der Waals surface area contributed by atoms with Gasteiger partial charge in [0, 0.05) is 23.3 Å². The quantitative estimate of drug-likeness (QED) is 0.787. The van der Waals surface area contributed by atoms with Crippen molar-refractivity contribution >= 4 is 34.1 Å². The van der Waals surface area contributed by atoms with Gasteiger partial charge >= 0.3 is 0 Å². The summed E-state index contributed by atoms with van der Waals surface area (Å²) in [7, 11) is 0. The third kappa shape index (κ3) is 6.71. The van der Waals surface area contributed by atoms with E-state index < -0.39 is 0 Å². The van der Waals surface area contributed by atoms with E-state index in [1.807, 2.05) is 26.2 Å². The molecule has 0 atom stereocenters. The molecule has 2 rings (SSSR count). The van der Waals surface area contributed by atoms with Gasteiger partial charge in [0.1, 0.15) is 5.82 Å². The maximum atomic E-state index is 12.8. The number of hydrogen-bond acceptors (Lipinski definition) is 4. The van der Waals surface area contributed by atoms with Crippen LogP contribution in [0.25, 0.3) is 0 Å². The summed E-state index contributed by atoms with van der Waals surface area (Å²) in [6, 6.07) is 6.53. The maximum Gasteiger partial charge on any atom is 0.226 e. The number of halogens is 1. The molecule has 23 heavy (non-hydrogen) atoms. The number of anilines is 1. The average molecular weight is 352 g/mol. The molecule has 3 nitrogen and oxygen atoms in total. The average Bonchev–Trinajstić information content (AvgIpc) is 2.86. The van der Waals surface area contributed by atoms with E-state index >= 15 is 0 Å². The summed E-state index contributed by atoms with van der Waals surface area (Å²) in [6.07, 6.45) is 0.473. The fourth-order valence-electron chi connectivity index (χ4n) is 1.93. The van der Waals surface area contributed by atoms with E-state index in [1.165, 1.54) is 23.5 Å². The predicted octanol–water partition coefficient (Wildman–Crippen LogP) is 5.09. The molecule has 0 saturated carbocycles. The molecule has 0 radical (unpaired) electrons. The number of aromatic nitrogens is 1. The second kappa shape index (κ2) is 7.93. The zero-order valence-corrected chi connectivity index (χ0v) is 15.2. The Morgan fingerprint density at radius 1 is 1.26 bits per heavy atom. The van der Waals surface area contributed by atoms with Crippen LogP contribution in [0.2, 0.25) is 0 Å². The summed E-state index contributed by atoms with van der Waals surface area (Å²) in [6.45, 7) is 6.10. The molecule has 0 saturated heterocycles. The molecule has 0 bridgehead atoms. The number of rotatable bonds is 6. The van der Waals surface area contributed by atoms with Gasteiger partial charge in [-0.1, -0.05) is 32.9 Å². The first-order valence-electron chi connectivity index (χ1n) is 7.38. The molecule has 1 amide bonds. The molecule has 1 aromatic carbocycles. The van der Waals surface area contributed by atoms with E-state index in [2.05, 4.69) is 10.3 Å². The Morgan fingerprint density at radius 3 is 2.61 bits per heavy atom. The topological polar surface area (TPSA) is 42.0 Å². The van der Waals surface area contributed by atoms with Gasteiger partial charge < -0.3 is 5.32 Å². The Bertz CT molecular complexity index is 647. The number of amides is 1. The summed E-state index contributed by atoms with van der Waals surface area (Å²) in [5.74, 6) is 1.36. The highest BCUT2D eigenvalue weighted by Crippen LogP contribution is 2.24. The molecule has 0 aliphatic rings. The third-order valence-electron chi connectivity index (χ3n) is 2.92. The van der Waals surface area contributed by atoms with Crippen molar-refractivity contribution in [1.82, 2.24) is 4.98 Å². The van der Waals surface area contributed by atoms with E-state index in [9.17, 15) is 9.18 Å². The number of thioether (sulfide) groups is 1. The summed E-state index contributed by atoms with van der Waals surface area (Å²) in [5.41, 5.74) is 2.01. The van der Waals surface area contributed by atoms with Crippen molar-refractivity contribution in [2.24, 2.45) is 5.41 Å². The normalized spacial score (nSPS) is 11.5. The van der Waals surface area contributed by atoms with Crippen LogP contribution in [0.5, 0.6) is 0 Å². The van der Waals surface area contributed by atoms with Gasteiger partial charge in [0.2, 0.25) is 5.91 Å². The molecule has 1 heterocycles. The lowest BCUT2D eigenvalue weighted by molar-refractivity contribution is -0.117. The van der Waals surface area contributed by atoms with E-state index in [-0.39, 0.29) is 17.1 Å². The fourth-order valence-corrected chi connectivity index (χ4v) is 3.65. The molecule has 2 aromatic rings. The number of benzene rings is 1. The minimum Gasteiger partial charge on any atom is -0.302 e. The molecule has 0 aliphatic carbocycles. The monoisotopic (exact) mass is 352 g/mol. The van der Waals surface area contributed by atoms with Crippen LogP contribution in [0.3, 0.4) is 0 Å². The van der Waals surface area contributed by atoms with Crippen molar-refractivity contribution in [1.29, 1.82) is 0 Å². The lowest BCUT2D eigenvalue weighted by Gasteiger charge is -2.16. The Morgan fingerprint density at radius 2 is 1.96 bits per heavy atom. The molecular formula is C17H21FN2OS2. The predicted molar refractivity (Wildman–Crippen MR) is 96.2 cm³/mol. The number of nitrogens with zero attached hydrogens (tertiary/aromatic N) is 1. The minimum atomic E-state index is -0.214. The summed E-state index contributed by atoms with van der Waals surface area (Å²) >= 11 is 3.16. The molecule has 0 unspecified atom stereocenters. The van der Waals surface area contributed by atoms with Crippen molar-refractivity contribution in [2.45, 2.75) is 38.7 Å². The van der Waals surface area contributed by atoms with E-state index in [0.29, 0.717) is 11.6 Å². The standard InChI is InChI=1S/C17H21FN2OS2/c1-17(2,3)8-15(21)20-16-19-14(11-23-16)10-22-9-12-4-6-13(18)7-5-12/h4-7,11H,8-10H2,1-3H3,(H,19,20,21). The van der Waals surface area contributed by atoms with Crippen LogP contribution < -0.4 is 5.32 Å². The van der Waals surface area contributed by atoms with Crippen molar-refractivity contribution < 1.29 is 9.18 Å². The van der Waals surface area contributed by atoms with Crippen LogP contribution in [0.4, 0.5) is 9.52 Å². The van der Waals surface area contributed by atoms with Gasteiger partial charge in [-0.15, -0.1) is 11.3 Å². The Kier molecular flexibility index (Phi) is 6.18. The first-order valence-corrected chi connectivity index (χ1v) is 9.42. The largest absolute Gasteiger partial charge is 0.302 e. The molecule has 0 spiro atoms. The first kappa shape index (κ1) is 17.9. The lowest BCUT2D eigenvalue weighted by atomic mass is 9.92. The Hall–Kier alpha value is -1.40. The third-order valence-corrected chi connectivity index (χ3v) is 4.76. The van der Waals surface area contributed by atoms with E-state index in [1.54, 1.807) is 23.9 Å². The number of carbonyl (C=O) groups excluding carboxylic acids is 1. The van der Waals surface area contributed by atoms with Crippen molar-refractivity contribution in [2.75, 3.05) is 5.32 Å². The number of carbonyl (C=O) groups is 1. The second-order valence-electron chi connectivity index (χ2n) is 6.55. The van der Waals surface area contributed by atoms with Crippen molar-refractivity contribution in [3.05, 3.63) is 46.7 Å². The Balaban J connectivity index is 1.78. The smallest absolute Gasteiger partial charge is 0.226 e. The van der Waals surface area contributed by atoms with Gasteiger partial charge in [0.05, 0.1) is 5.69 Å². The van der Waals surface area contributed by atoms with Gasteiger partial charge in [-0.25, -0.2) is 9.37 Å². The van der Waals surface area contributed by atoms with Gasteiger partial charge in [0.25, 0.3) is 0 Å². The van der Waals surface area contributed by atoms with Gasteiger partial charge in [-0.3, -0.25) is 4.79 Å². The van der Waals surface area contributed by atoms with Crippen LogP contribution in [-0.2, 0) is 16.3 Å². The second-order valence-corrected chi connectivity index (χ2v) is 8.39. The minimum absolute atomic E-state index is 0.00244. The van der Waals surface area contributed by atoms with Crippen LogP contribution in [-0.4, -0.2) is 10.9 Å². The summed E-state index contributed by atoms with van der Waals surface area (Å²) < 4.78 is 12.8. The van der Waals surface area contributed by atoms with Crippen LogP contribution in [0.15, 0.2) is 29.6 Å². The first-order chi connectivity index (χ1) is 10.8. The molecule has 1 N–H and O–H groups in total. The van der Waals surface area contributed by atoms with Crippen LogP contribution in [0.1, 0.15) is 38.4 Å². The van der Waals surface area contributed by atoms with Crippen LogP contribution in [0, 0.1) is 11.2 Å². The molecule has 6 heteroatoms. The highest BCUT2D eigenvalue weighted by atomic mass is 32.2. The fraction of sp³-hybridized carbons (Fsp3) is 0.412. The number of thiazole rings is 1. The summed E-state index contributed by atoms with van der Waals surface area (Å²) in [4.78, 5) is 16.3. The summed E-state index contributed by atoms with van der Waals surface area (Å²) in [5, 5.41) is 5.46. The zero-order valence-electron chi connectivity index (χ0n) is 13.6. The molecule has 1 aromatic heterocycles. The lowest BCUT2D eigenvalue weighted by Crippen LogP contribution is -2.19. The molecule has 0 fully saturated rings. The highest BCUT2D eigenvalue weighted by Gasteiger charge is 2.16. The van der Waals surface area contributed by atoms with Gasteiger partial charge in [0.15, 0.2) is 5.13 Å². The SMILES string of the molecule is CC(C)(C)CC(=O)Nc1nc(CSCc2ccc(F)cc2)cs1. The highest BCUT2D eigenvalue weighted by molar-refractivity contribution is 7.97. The van der Waals surface area contributed by atoms with Crippen molar-refractivity contribution in [3.63, 3.8) is 0 Å². The zero-order chi connectivity index (χ0) is 16.9. The van der Waals surface area contributed by atoms with E-state index in [0.717, 1.165) is 22.8 Å². The van der Waals surface area contributed by atoms with E-state index in [4.69, 9.17) is 0 Å². The number of hydrogen-bond donors (Lipinski definition) is 1. The maximum absolute atomic E-state index is 12.8. The molecule has 0 aliphatic heterocycles. The van der Waals surface area contributed by atoms with Crippen LogP contribution >= 0.6 is 23.1 Å².